The summed E-state index contributed by atoms with van der Waals surface area (Å²) in [6.07, 6.45) is -15.7. The van der Waals surface area contributed by atoms with Crippen LogP contribution < -0.4 is 0 Å². The number of aliphatic hydroxyl groups is 8. The van der Waals surface area contributed by atoms with E-state index in [2.05, 4.69) is 0 Å². The average Bonchev–Trinajstić information content (AvgIpc) is 2.54. The zero-order valence-electron chi connectivity index (χ0n) is 12.2. The Bertz CT molecular complexity index is 410. The lowest BCUT2D eigenvalue weighted by Gasteiger charge is -2.45. The summed E-state index contributed by atoms with van der Waals surface area (Å²) in [5.41, 5.74) is 0. The number of aliphatic hydroxyl groups excluding tert-OH is 8. The van der Waals surface area contributed by atoms with Gasteiger partial charge in [0.05, 0.1) is 6.61 Å². The zero-order valence-corrected chi connectivity index (χ0v) is 14.4. The van der Waals surface area contributed by atoms with Gasteiger partial charge in [0.2, 0.25) is 0 Å². The van der Waals surface area contributed by atoms with Crippen molar-refractivity contribution < 1.29 is 55.1 Å². The van der Waals surface area contributed by atoms with E-state index in [9.17, 15) is 40.9 Å². The number of alkyl halides is 1. The van der Waals surface area contributed by atoms with Crippen LogP contribution in [0.4, 0.5) is 0 Å². The molecule has 0 aromatic rings. The van der Waals surface area contributed by atoms with E-state index in [1.165, 1.54) is 22.6 Å². The van der Waals surface area contributed by atoms with E-state index in [-0.39, 0.29) is 0 Å². The fourth-order valence-corrected chi connectivity index (χ4v) is 3.20. The van der Waals surface area contributed by atoms with Crippen molar-refractivity contribution in [1.82, 2.24) is 0 Å². The SMILES string of the molecule is OC[C@H]1O[C@H](O)[C@H](O)[C@@H](O)[C@@H]1O[C@@H]1O[C@H](C(O)I)[C@H](O)[C@H](O)[C@H]1O. The normalized spacial score (nSPS) is 51.4. The highest BCUT2D eigenvalue weighted by atomic mass is 127. The van der Waals surface area contributed by atoms with Crippen molar-refractivity contribution in [3.63, 3.8) is 0 Å². The second-order valence-corrected chi connectivity index (χ2v) is 6.92. The van der Waals surface area contributed by atoms with Gasteiger partial charge < -0.3 is 55.1 Å². The molecule has 0 saturated carbocycles. The van der Waals surface area contributed by atoms with Gasteiger partial charge >= 0.3 is 0 Å². The summed E-state index contributed by atoms with van der Waals surface area (Å²) in [6.45, 7) is -0.683. The molecule has 2 aliphatic heterocycles. The number of hydrogen-bond acceptors (Lipinski definition) is 11. The average molecular weight is 468 g/mol. The van der Waals surface area contributed by atoms with Gasteiger partial charge in [-0.1, -0.05) is 0 Å². The molecule has 0 aromatic heterocycles. The van der Waals surface area contributed by atoms with Gasteiger partial charge in [-0.2, -0.15) is 0 Å². The van der Waals surface area contributed by atoms with Crippen molar-refractivity contribution in [2.75, 3.05) is 6.61 Å². The van der Waals surface area contributed by atoms with Crippen LogP contribution in [0.3, 0.4) is 0 Å². The maximum atomic E-state index is 9.99. The Morgan fingerprint density at radius 2 is 1.50 bits per heavy atom. The molecule has 0 bridgehead atoms. The quantitative estimate of drug-likeness (QED) is 0.146. The molecule has 24 heavy (non-hydrogen) atoms. The molecule has 12 heteroatoms. The molecule has 11 atom stereocenters. The van der Waals surface area contributed by atoms with Crippen LogP contribution in [-0.4, -0.2) is 113 Å². The van der Waals surface area contributed by atoms with E-state index in [1.54, 1.807) is 0 Å². The summed E-state index contributed by atoms with van der Waals surface area (Å²) in [6, 6.07) is 0. The van der Waals surface area contributed by atoms with Crippen molar-refractivity contribution in [2.45, 2.75) is 65.5 Å². The molecule has 0 amide bonds. The lowest BCUT2D eigenvalue weighted by atomic mass is 9.97. The highest BCUT2D eigenvalue weighted by Crippen LogP contribution is 2.30. The second kappa shape index (κ2) is 8.32. The minimum Gasteiger partial charge on any atom is -0.394 e. The smallest absolute Gasteiger partial charge is 0.187 e. The first-order chi connectivity index (χ1) is 11.2. The molecule has 2 fully saturated rings. The maximum Gasteiger partial charge on any atom is 0.187 e. The molecular formula is C12H21IO11. The lowest BCUT2D eigenvalue weighted by Crippen LogP contribution is -2.65. The Kier molecular flexibility index (Phi) is 7.14. The van der Waals surface area contributed by atoms with E-state index >= 15 is 0 Å². The molecule has 8 N–H and O–H groups in total. The van der Waals surface area contributed by atoms with Gasteiger partial charge in [0.15, 0.2) is 12.6 Å². The van der Waals surface area contributed by atoms with Gasteiger partial charge in [-0.05, 0) is 22.6 Å². The Hall–Kier alpha value is 0.290. The Morgan fingerprint density at radius 3 is 2.04 bits per heavy atom. The van der Waals surface area contributed by atoms with Gasteiger partial charge in [-0.3, -0.25) is 0 Å². The molecule has 2 saturated heterocycles. The predicted molar refractivity (Wildman–Crippen MR) is 81.6 cm³/mol. The minimum atomic E-state index is -1.74. The molecule has 142 valence electrons. The fourth-order valence-electron chi connectivity index (χ4n) is 2.60. The van der Waals surface area contributed by atoms with E-state index in [0.29, 0.717) is 0 Å². The van der Waals surface area contributed by atoms with E-state index < -0.39 is 72.1 Å². The number of halogens is 1. The van der Waals surface area contributed by atoms with Crippen LogP contribution in [-0.2, 0) is 14.2 Å². The van der Waals surface area contributed by atoms with Crippen LogP contribution >= 0.6 is 22.6 Å². The molecule has 0 radical (unpaired) electrons. The van der Waals surface area contributed by atoms with E-state index in [0.717, 1.165) is 0 Å². The van der Waals surface area contributed by atoms with Crippen molar-refractivity contribution in [1.29, 1.82) is 0 Å². The van der Waals surface area contributed by atoms with Crippen molar-refractivity contribution in [3.05, 3.63) is 0 Å². The van der Waals surface area contributed by atoms with Gasteiger partial charge in [0.25, 0.3) is 0 Å². The first-order valence-electron chi connectivity index (χ1n) is 7.16. The van der Waals surface area contributed by atoms with Crippen molar-refractivity contribution in [3.8, 4) is 0 Å². The first kappa shape index (κ1) is 20.6. The lowest BCUT2D eigenvalue weighted by molar-refractivity contribution is -0.355. The summed E-state index contributed by atoms with van der Waals surface area (Å²) in [5, 5.41) is 77.5. The highest BCUT2D eigenvalue weighted by molar-refractivity contribution is 14.1. The van der Waals surface area contributed by atoms with Crippen LogP contribution in [0.25, 0.3) is 0 Å². The molecule has 0 aliphatic carbocycles. The first-order valence-corrected chi connectivity index (χ1v) is 8.41. The minimum absolute atomic E-state index is 0.683. The van der Waals surface area contributed by atoms with Crippen LogP contribution in [0.1, 0.15) is 0 Å². The summed E-state index contributed by atoms with van der Waals surface area (Å²) < 4.78 is 14.2. The summed E-state index contributed by atoms with van der Waals surface area (Å²) in [4.78, 5) is 0. The summed E-state index contributed by atoms with van der Waals surface area (Å²) in [5.74, 6) is 0. The Balaban J connectivity index is 2.14. The van der Waals surface area contributed by atoms with E-state index in [4.69, 9.17) is 14.2 Å². The van der Waals surface area contributed by atoms with Crippen LogP contribution in [0, 0.1) is 0 Å². The molecule has 0 aromatic carbocycles. The molecule has 2 rings (SSSR count). The van der Waals surface area contributed by atoms with Gasteiger partial charge in [0, 0.05) is 0 Å². The summed E-state index contributed by atoms with van der Waals surface area (Å²) >= 11 is 1.53. The van der Waals surface area contributed by atoms with Gasteiger partial charge in [0.1, 0.15) is 52.9 Å². The van der Waals surface area contributed by atoms with Crippen LogP contribution in [0.5, 0.6) is 0 Å². The third kappa shape index (κ3) is 3.99. The Labute approximate surface area is 150 Å². The third-order valence-corrected chi connectivity index (χ3v) is 4.72. The standard InChI is InChI=1S/C12H21IO11/c13-10(20)9-4(16)3(15)7(19)12(24-9)23-8-2(1-14)22-11(21)6(18)5(8)17/h2-12,14-21H,1H2/t2-,3+,4-,5-,6-,7-,8-,9+,10?,11+,12-/m1/s1. The maximum absolute atomic E-state index is 9.99. The molecule has 0 spiro atoms. The number of rotatable bonds is 4. The summed E-state index contributed by atoms with van der Waals surface area (Å²) in [7, 11) is 0. The van der Waals surface area contributed by atoms with Gasteiger partial charge in [-0.25, -0.2) is 0 Å². The molecule has 11 nitrogen and oxygen atoms in total. The van der Waals surface area contributed by atoms with Crippen LogP contribution in [0.2, 0.25) is 0 Å². The second-order valence-electron chi connectivity index (χ2n) is 5.64. The monoisotopic (exact) mass is 468 g/mol. The van der Waals surface area contributed by atoms with Gasteiger partial charge in [-0.15, -0.1) is 0 Å². The fraction of sp³-hybridized carbons (Fsp3) is 1.00. The van der Waals surface area contributed by atoms with Crippen molar-refractivity contribution >= 4 is 22.6 Å². The molecular weight excluding hydrogens is 447 g/mol. The highest BCUT2D eigenvalue weighted by Gasteiger charge is 2.51. The number of hydrogen-bond donors (Lipinski definition) is 8. The number of ether oxygens (including phenoxy) is 3. The van der Waals surface area contributed by atoms with Crippen molar-refractivity contribution in [2.24, 2.45) is 0 Å². The zero-order chi connectivity index (χ0) is 18.2. The Morgan fingerprint density at radius 1 is 0.875 bits per heavy atom. The third-order valence-electron chi connectivity index (χ3n) is 4.01. The van der Waals surface area contributed by atoms with Crippen LogP contribution in [0.15, 0.2) is 0 Å². The molecule has 1 unspecified atom stereocenters. The molecule has 2 aliphatic rings. The largest absolute Gasteiger partial charge is 0.394 e. The predicted octanol–water partition coefficient (Wildman–Crippen LogP) is -4.64. The topological polar surface area (TPSA) is 190 Å². The molecule has 2 heterocycles. The van der Waals surface area contributed by atoms with E-state index in [1.807, 2.05) is 0 Å².